The highest BCUT2D eigenvalue weighted by Gasteiger charge is 2.48. The van der Waals surface area contributed by atoms with Gasteiger partial charge in [0.25, 0.3) is 5.78 Å². The second-order valence-corrected chi connectivity index (χ2v) is 9.76. The zero-order chi connectivity index (χ0) is 28.4. The van der Waals surface area contributed by atoms with Gasteiger partial charge in [0.05, 0.1) is 34.8 Å². The number of nitrogens with one attached hydrogen (secondary N) is 1. The molecule has 9 heteroatoms. The van der Waals surface area contributed by atoms with Crippen LogP contribution >= 0.6 is 0 Å². The van der Waals surface area contributed by atoms with Gasteiger partial charge in [0, 0.05) is 5.56 Å². The summed E-state index contributed by atoms with van der Waals surface area (Å²) in [6.07, 6.45) is 3.11. The molecule has 4 aromatic rings. The number of Topliss-reactive ketones (excluding diaryl/α,β-unsaturated/α-hetero) is 1. The van der Waals surface area contributed by atoms with Crippen molar-refractivity contribution in [1.29, 1.82) is 0 Å². The number of ketones is 1. The van der Waals surface area contributed by atoms with E-state index in [1.165, 1.54) is 23.1 Å². The predicted octanol–water partition coefficient (Wildman–Crippen LogP) is 5.76. The zero-order valence-corrected chi connectivity index (χ0v) is 22.2. The number of carboxylic acids is 1. The molecule has 0 saturated carbocycles. The summed E-state index contributed by atoms with van der Waals surface area (Å²) >= 11 is 0. The van der Waals surface area contributed by atoms with Gasteiger partial charge >= 0.3 is 11.9 Å². The maximum atomic E-state index is 13.5. The molecule has 40 heavy (non-hydrogen) atoms. The number of benzene rings is 3. The van der Waals surface area contributed by atoms with Gasteiger partial charge in [0.2, 0.25) is 5.95 Å². The van der Waals surface area contributed by atoms with E-state index >= 15 is 0 Å². The summed E-state index contributed by atoms with van der Waals surface area (Å²) in [5.74, 6) is -2.41. The van der Waals surface area contributed by atoms with Crippen LogP contribution in [0.2, 0.25) is 0 Å². The minimum atomic E-state index is -1.10. The second kappa shape index (κ2) is 11.1. The Kier molecular flexibility index (Phi) is 7.37. The molecule has 3 N–H and O–H groups in total. The molecule has 0 spiro atoms. The summed E-state index contributed by atoms with van der Waals surface area (Å²) in [7, 11) is 0. The molecule has 1 atom stereocenters. The number of aliphatic hydroxyl groups is 1. The van der Waals surface area contributed by atoms with Crippen molar-refractivity contribution in [3.05, 3.63) is 94.6 Å². The van der Waals surface area contributed by atoms with Gasteiger partial charge in [-0.15, -0.1) is 0 Å². The predicted molar refractivity (Wildman–Crippen MR) is 150 cm³/mol. The number of aromatic nitrogens is 2. The first-order valence-corrected chi connectivity index (χ1v) is 13.1. The molecule has 3 aromatic carbocycles. The number of anilines is 1. The first-order valence-electron chi connectivity index (χ1n) is 13.1. The van der Waals surface area contributed by atoms with Crippen molar-refractivity contribution >= 4 is 40.4 Å². The highest BCUT2D eigenvalue weighted by Crippen LogP contribution is 2.42. The largest absolute Gasteiger partial charge is 0.507 e. The van der Waals surface area contributed by atoms with E-state index in [9.17, 15) is 24.6 Å². The van der Waals surface area contributed by atoms with Crippen molar-refractivity contribution in [2.45, 2.75) is 39.2 Å². The fraction of sp³-hybridized carbons (Fsp3) is 0.226. The number of fused-ring (bicyclic) bond motifs is 1. The molecule has 1 aliphatic heterocycles. The Balaban J connectivity index is 1.58. The van der Waals surface area contributed by atoms with E-state index in [2.05, 4.69) is 16.9 Å². The maximum absolute atomic E-state index is 13.5. The summed E-state index contributed by atoms with van der Waals surface area (Å²) in [5, 5.41) is 20.7. The lowest BCUT2D eigenvalue weighted by Crippen LogP contribution is -2.30. The van der Waals surface area contributed by atoms with Gasteiger partial charge in [-0.3, -0.25) is 14.5 Å². The molecule has 2 heterocycles. The van der Waals surface area contributed by atoms with Crippen LogP contribution in [-0.2, 0) is 9.59 Å². The Hall–Kier alpha value is -4.92. The Morgan fingerprint density at radius 1 is 1.00 bits per heavy atom. The monoisotopic (exact) mass is 539 g/mol. The summed E-state index contributed by atoms with van der Waals surface area (Å²) in [6, 6.07) is 17.5. The minimum absolute atomic E-state index is 0.0535. The van der Waals surface area contributed by atoms with E-state index in [0.717, 1.165) is 24.8 Å². The van der Waals surface area contributed by atoms with Crippen molar-refractivity contribution < 1.29 is 29.3 Å². The number of hydrogen-bond acceptors (Lipinski definition) is 6. The Labute approximate surface area is 230 Å². The number of rotatable bonds is 9. The average molecular weight is 540 g/mol. The van der Waals surface area contributed by atoms with Gasteiger partial charge in [-0.05, 0) is 61.4 Å². The summed E-state index contributed by atoms with van der Waals surface area (Å²) in [6.45, 7) is 4.60. The highest BCUT2D eigenvalue weighted by atomic mass is 16.5. The van der Waals surface area contributed by atoms with Crippen LogP contribution in [0.15, 0.2) is 72.3 Å². The highest BCUT2D eigenvalue weighted by molar-refractivity contribution is 6.51. The van der Waals surface area contributed by atoms with Crippen LogP contribution < -0.4 is 9.64 Å². The Morgan fingerprint density at radius 3 is 2.45 bits per heavy atom. The van der Waals surface area contributed by atoms with Gasteiger partial charge in [0.15, 0.2) is 0 Å². The molecule has 1 unspecified atom stereocenters. The van der Waals surface area contributed by atoms with Crippen LogP contribution in [-0.4, -0.2) is 44.4 Å². The lowest BCUT2D eigenvalue weighted by atomic mass is 9.94. The molecule has 1 fully saturated rings. The van der Waals surface area contributed by atoms with Crippen LogP contribution in [0.1, 0.15) is 59.3 Å². The standard InChI is InChI=1S/C31H29N3O6/c1-3-4-5-15-40-22-12-9-19(10-13-22)27(35)25-26(20-8-6-7-18(2)16-20)34(29(37)28(25)36)31-32-23-14-11-21(30(38)39)17-24(23)33-31/h6-14,16-17,26,35H,3-5,15H2,1-2H3,(H,32,33)(H,38,39)/b27-25+. The molecular formula is C31H29N3O6. The Morgan fingerprint density at radius 2 is 1.75 bits per heavy atom. The second-order valence-electron chi connectivity index (χ2n) is 9.76. The van der Waals surface area contributed by atoms with Crippen molar-refractivity contribution in [2.75, 3.05) is 11.5 Å². The van der Waals surface area contributed by atoms with Crippen LogP contribution in [0.4, 0.5) is 5.95 Å². The topological polar surface area (TPSA) is 133 Å². The molecular weight excluding hydrogens is 510 g/mol. The molecule has 0 aliphatic carbocycles. The van der Waals surface area contributed by atoms with Crippen LogP contribution in [0.3, 0.4) is 0 Å². The lowest BCUT2D eigenvalue weighted by Gasteiger charge is -2.23. The number of carbonyl (C=O) groups is 3. The quantitative estimate of drug-likeness (QED) is 0.107. The normalized spacial score (nSPS) is 16.6. The zero-order valence-electron chi connectivity index (χ0n) is 22.2. The molecule has 1 saturated heterocycles. The molecule has 1 aromatic heterocycles. The maximum Gasteiger partial charge on any atom is 0.335 e. The average Bonchev–Trinajstić information content (AvgIpc) is 3.48. The molecule has 5 rings (SSSR count). The smallest absolute Gasteiger partial charge is 0.335 e. The van der Waals surface area contributed by atoms with E-state index in [1.54, 1.807) is 30.3 Å². The molecule has 0 bridgehead atoms. The molecule has 0 radical (unpaired) electrons. The van der Waals surface area contributed by atoms with Crippen molar-refractivity contribution in [3.63, 3.8) is 0 Å². The van der Waals surface area contributed by atoms with Gasteiger partial charge in [0.1, 0.15) is 11.5 Å². The number of amides is 1. The number of aromatic carboxylic acids is 1. The fourth-order valence-electron chi connectivity index (χ4n) is 4.86. The number of imidazole rings is 1. The third-order valence-corrected chi connectivity index (χ3v) is 6.89. The minimum Gasteiger partial charge on any atom is -0.507 e. The number of ether oxygens (including phenoxy) is 1. The van der Waals surface area contributed by atoms with Gasteiger partial charge < -0.3 is 19.9 Å². The van der Waals surface area contributed by atoms with Crippen molar-refractivity contribution in [2.24, 2.45) is 0 Å². The van der Waals surface area contributed by atoms with Crippen LogP contribution in [0.5, 0.6) is 5.75 Å². The van der Waals surface area contributed by atoms with Crippen molar-refractivity contribution in [1.82, 2.24) is 9.97 Å². The summed E-state index contributed by atoms with van der Waals surface area (Å²) in [5.41, 5.74) is 2.70. The number of carbonyl (C=O) groups excluding carboxylic acids is 2. The third kappa shape index (κ3) is 5.05. The number of unbranched alkanes of at least 4 members (excludes halogenated alkanes) is 2. The number of aryl methyl sites for hydroxylation is 1. The molecule has 9 nitrogen and oxygen atoms in total. The number of aromatic amines is 1. The van der Waals surface area contributed by atoms with E-state index < -0.39 is 23.7 Å². The fourth-order valence-corrected chi connectivity index (χ4v) is 4.86. The number of aliphatic hydroxyl groups excluding tert-OH is 1. The third-order valence-electron chi connectivity index (χ3n) is 6.89. The van der Waals surface area contributed by atoms with E-state index in [1.807, 2.05) is 25.1 Å². The van der Waals surface area contributed by atoms with E-state index in [-0.39, 0.29) is 22.8 Å². The van der Waals surface area contributed by atoms with Gasteiger partial charge in [-0.2, -0.15) is 0 Å². The Bertz CT molecular complexity index is 1640. The van der Waals surface area contributed by atoms with Crippen LogP contribution in [0, 0.1) is 6.92 Å². The van der Waals surface area contributed by atoms with Crippen LogP contribution in [0.25, 0.3) is 16.8 Å². The van der Waals surface area contributed by atoms with E-state index in [0.29, 0.717) is 34.5 Å². The molecule has 204 valence electrons. The first kappa shape index (κ1) is 26.7. The molecule has 1 amide bonds. The number of hydrogen-bond donors (Lipinski definition) is 3. The first-order chi connectivity index (χ1) is 19.3. The number of H-pyrrole nitrogens is 1. The summed E-state index contributed by atoms with van der Waals surface area (Å²) in [4.78, 5) is 47.0. The number of nitrogens with zero attached hydrogens (tertiary/aromatic N) is 2. The molecule has 1 aliphatic rings. The number of carboxylic acid groups (broad SMARTS) is 1. The lowest BCUT2D eigenvalue weighted by molar-refractivity contribution is -0.132. The van der Waals surface area contributed by atoms with Gasteiger partial charge in [-0.1, -0.05) is 49.6 Å². The van der Waals surface area contributed by atoms with Crippen molar-refractivity contribution in [3.8, 4) is 5.75 Å². The van der Waals surface area contributed by atoms with Gasteiger partial charge in [-0.25, -0.2) is 9.78 Å². The SMILES string of the molecule is CCCCCOc1ccc(/C(O)=C2\C(=O)C(=O)N(c3nc4ccc(C(=O)O)cc4[nH]3)C2c2cccc(C)c2)cc1. The van der Waals surface area contributed by atoms with E-state index in [4.69, 9.17) is 4.74 Å². The summed E-state index contributed by atoms with van der Waals surface area (Å²) < 4.78 is 5.76.